The van der Waals surface area contributed by atoms with Crippen LogP contribution in [0.4, 0.5) is 0 Å². The first-order chi connectivity index (χ1) is 10.1. The smallest absolute Gasteiger partial charge is 0.261 e. The van der Waals surface area contributed by atoms with Gasteiger partial charge in [0.1, 0.15) is 11.5 Å². The minimum absolute atomic E-state index is 0.0230. The minimum atomic E-state index is -0.104. The van der Waals surface area contributed by atoms with Crippen LogP contribution in [-0.4, -0.2) is 20.4 Å². The van der Waals surface area contributed by atoms with E-state index < -0.39 is 0 Å². The van der Waals surface area contributed by atoms with E-state index in [-0.39, 0.29) is 17.4 Å². The van der Waals surface area contributed by atoms with Crippen molar-refractivity contribution in [2.24, 2.45) is 0 Å². The van der Waals surface area contributed by atoms with Gasteiger partial charge in [-0.05, 0) is 29.8 Å². The summed E-state index contributed by atoms with van der Waals surface area (Å²) in [5.74, 6) is 0.617. The topological polar surface area (TPSA) is 79.4 Å². The third-order valence-electron chi connectivity index (χ3n) is 2.93. The lowest BCUT2D eigenvalue weighted by Gasteiger charge is -1.99. The Balaban J connectivity index is 1.86. The predicted molar refractivity (Wildman–Crippen MR) is 80.0 cm³/mol. The van der Waals surface area contributed by atoms with E-state index >= 15 is 0 Å². The first-order valence-electron chi connectivity index (χ1n) is 6.21. The number of phenols is 2. The van der Waals surface area contributed by atoms with Crippen LogP contribution in [0.25, 0.3) is 11.5 Å². The van der Waals surface area contributed by atoms with Gasteiger partial charge in [-0.25, -0.2) is 0 Å². The average molecular weight is 347 g/mol. The summed E-state index contributed by atoms with van der Waals surface area (Å²) in [7, 11) is 0. The van der Waals surface area contributed by atoms with E-state index in [1.165, 1.54) is 18.2 Å². The van der Waals surface area contributed by atoms with Gasteiger partial charge < -0.3 is 14.7 Å². The molecular weight excluding hydrogens is 336 g/mol. The molecule has 2 N–H and O–H groups in total. The van der Waals surface area contributed by atoms with Crippen molar-refractivity contribution in [1.29, 1.82) is 0 Å². The van der Waals surface area contributed by atoms with Gasteiger partial charge in [0.2, 0.25) is 0 Å². The number of halogens is 1. The van der Waals surface area contributed by atoms with E-state index in [2.05, 4.69) is 26.1 Å². The van der Waals surface area contributed by atoms with Crippen LogP contribution in [0.2, 0.25) is 0 Å². The molecule has 0 amide bonds. The van der Waals surface area contributed by atoms with Crippen molar-refractivity contribution in [3.63, 3.8) is 0 Å². The number of phenolic OH excluding ortho intramolecular Hbond substituents is 2. The second-order valence-electron chi connectivity index (χ2n) is 4.52. The summed E-state index contributed by atoms with van der Waals surface area (Å²) in [6, 6.07) is 12.0. The molecule has 5 nitrogen and oxygen atoms in total. The summed E-state index contributed by atoms with van der Waals surface area (Å²) in [5, 5.41) is 23.0. The van der Waals surface area contributed by atoms with Crippen LogP contribution in [0.15, 0.2) is 51.5 Å². The molecule has 106 valence electrons. The van der Waals surface area contributed by atoms with Crippen molar-refractivity contribution in [2.45, 2.75) is 6.42 Å². The van der Waals surface area contributed by atoms with Gasteiger partial charge >= 0.3 is 0 Å². The fourth-order valence-electron chi connectivity index (χ4n) is 1.97. The lowest BCUT2D eigenvalue weighted by Crippen LogP contribution is -1.90. The van der Waals surface area contributed by atoms with Crippen LogP contribution in [-0.2, 0) is 6.42 Å². The SMILES string of the molecule is Oc1ccc(-c2nc(Cc3cccc(Br)c3)no2)c(O)c1. The van der Waals surface area contributed by atoms with Crippen molar-refractivity contribution >= 4 is 15.9 Å². The van der Waals surface area contributed by atoms with Crippen molar-refractivity contribution in [1.82, 2.24) is 10.1 Å². The molecule has 0 aliphatic carbocycles. The van der Waals surface area contributed by atoms with Crippen LogP contribution in [0, 0.1) is 0 Å². The predicted octanol–water partition coefficient (Wildman–Crippen LogP) is 3.50. The molecule has 0 unspecified atom stereocenters. The molecule has 0 atom stereocenters. The van der Waals surface area contributed by atoms with Crippen LogP contribution in [0.1, 0.15) is 11.4 Å². The fraction of sp³-hybridized carbons (Fsp3) is 0.0667. The largest absolute Gasteiger partial charge is 0.508 e. The summed E-state index contributed by atoms with van der Waals surface area (Å²) >= 11 is 3.41. The zero-order valence-electron chi connectivity index (χ0n) is 10.8. The first-order valence-corrected chi connectivity index (χ1v) is 7.00. The summed E-state index contributed by atoms with van der Waals surface area (Å²) < 4.78 is 6.15. The zero-order chi connectivity index (χ0) is 14.8. The standard InChI is InChI=1S/C15H11BrN2O3/c16-10-3-1-2-9(6-10)7-14-17-15(21-18-14)12-5-4-11(19)8-13(12)20/h1-6,8,19-20H,7H2. The van der Waals surface area contributed by atoms with Crippen LogP contribution < -0.4 is 0 Å². The Bertz CT molecular complexity index is 786. The highest BCUT2D eigenvalue weighted by Crippen LogP contribution is 2.31. The molecule has 0 saturated carbocycles. The summed E-state index contributed by atoms with van der Waals surface area (Å²) in [6.45, 7) is 0. The molecular formula is C15H11BrN2O3. The highest BCUT2D eigenvalue weighted by molar-refractivity contribution is 9.10. The fourth-order valence-corrected chi connectivity index (χ4v) is 2.41. The van der Waals surface area contributed by atoms with Gasteiger partial charge in [0.05, 0.1) is 5.56 Å². The number of aromatic hydroxyl groups is 2. The summed E-state index contributed by atoms with van der Waals surface area (Å²) in [5.41, 5.74) is 1.44. The first kappa shape index (κ1) is 13.6. The second kappa shape index (κ2) is 5.57. The highest BCUT2D eigenvalue weighted by Gasteiger charge is 2.13. The molecule has 0 bridgehead atoms. The summed E-state index contributed by atoms with van der Waals surface area (Å²) in [6.07, 6.45) is 0.530. The molecule has 1 heterocycles. The minimum Gasteiger partial charge on any atom is -0.508 e. The van der Waals surface area contributed by atoms with Crippen LogP contribution in [0.5, 0.6) is 11.5 Å². The average Bonchev–Trinajstić information content (AvgIpc) is 2.87. The van der Waals surface area contributed by atoms with Gasteiger partial charge in [-0.15, -0.1) is 0 Å². The van der Waals surface area contributed by atoms with Crippen LogP contribution in [0.3, 0.4) is 0 Å². The maximum Gasteiger partial charge on any atom is 0.261 e. The van der Waals surface area contributed by atoms with E-state index in [0.29, 0.717) is 17.8 Å². The van der Waals surface area contributed by atoms with E-state index in [9.17, 15) is 10.2 Å². The molecule has 21 heavy (non-hydrogen) atoms. The molecule has 3 aromatic rings. The van der Waals surface area contributed by atoms with Gasteiger partial charge in [-0.1, -0.05) is 33.2 Å². The Morgan fingerprint density at radius 2 is 1.95 bits per heavy atom. The Morgan fingerprint density at radius 3 is 2.71 bits per heavy atom. The van der Waals surface area contributed by atoms with E-state index in [4.69, 9.17) is 4.52 Å². The molecule has 3 rings (SSSR count). The third kappa shape index (κ3) is 3.05. The van der Waals surface area contributed by atoms with Gasteiger partial charge in [0, 0.05) is 17.0 Å². The molecule has 1 aromatic heterocycles. The number of hydrogen-bond donors (Lipinski definition) is 2. The molecule has 0 saturated heterocycles. The van der Waals surface area contributed by atoms with E-state index in [1.54, 1.807) is 0 Å². The quantitative estimate of drug-likeness (QED) is 0.758. The van der Waals surface area contributed by atoms with Crippen molar-refractivity contribution < 1.29 is 14.7 Å². The van der Waals surface area contributed by atoms with E-state index in [1.807, 2.05) is 24.3 Å². The van der Waals surface area contributed by atoms with Gasteiger partial charge in [0.15, 0.2) is 5.82 Å². The monoisotopic (exact) mass is 346 g/mol. The third-order valence-corrected chi connectivity index (χ3v) is 3.42. The molecule has 0 aliphatic heterocycles. The molecule has 0 fully saturated rings. The molecule has 0 spiro atoms. The number of benzene rings is 2. The van der Waals surface area contributed by atoms with Crippen molar-refractivity contribution in [2.75, 3.05) is 0 Å². The maximum absolute atomic E-state index is 9.79. The molecule has 6 heteroatoms. The lowest BCUT2D eigenvalue weighted by atomic mass is 10.1. The van der Waals surface area contributed by atoms with Crippen molar-refractivity contribution in [3.05, 3.63) is 58.3 Å². The Morgan fingerprint density at radius 1 is 1.10 bits per heavy atom. The number of hydrogen-bond acceptors (Lipinski definition) is 5. The Hall–Kier alpha value is -2.34. The molecule has 0 aliphatic rings. The lowest BCUT2D eigenvalue weighted by molar-refractivity contribution is 0.417. The second-order valence-corrected chi connectivity index (χ2v) is 5.44. The van der Waals surface area contributed by atoms with Crippen molar-refractivity contribution in [3.8, 4) is 23.0 Å². The molecule has 0 radical (unpaired) electrons. The van der Waals surface area contributed by atoms with E-state index in [0.717, 1.165) is 10.0 Å². The maximum atomic E-state index is 9.79. The Kier molecular flexibility index (Phi) is 3.62. The van der Waals surface area contributed by atoms with Crippen LogP contribution >= 0.6 is 15.9 Å². The summed E-state index contributed by atoms with van der Waals surface area (Å²) in [4.78, 5) is 4.26. The highest BCUT2D eigenvalue weighted by atomic mass is 79.9. The number of nitrogens with zero attached hydrogens (tertiary/aromatic N) is 2. The number of aromatic nitrogens is 2. The normalized spacial score (nSPS) is 10.7. The number of rotatable bonds is 3. The van der Waals surface area contributed by atoms with Gasteiger partial charge in [0.25, 0.3) is 5.89 Å². The Labute approximate surface area is 129 Å². The van der Waals surface area contributed by atoms with Gasteiger partial charge in [-0.2, -0.15) is 4.98 Å². The van der Waals surface area contributed by atoms with Gasteiger partial charge in [-0.3, -0.25) is 0 Å². The zero-order valence-corrected chi connectivity index (χ0v) is 12.4. The molecule has 2 aromatic carbocycles.